The lowest BCUT2D eigenvalue weighted by Crippen LogP contribution is -2.52. The molecule has 0 aliphatic heterocycles. The molecule has 110 valence electrons. The maximum absolute atomic E-state index is 12.3. The van der Waals surface area contributed by atoms with Gasteiger partial charge in [0, 0.05) is 5.02 Å². The van der Waals surface area contributed by atoms with Crippen molar-refractivity contribution in [1.29, 1.82) is 0 Å². The van der Waals surface area contributed by atoms with E-state index in [0.717, 1.165) is 0 Å². The molecule has 0 aliphatic rings. The molecule has 0 spiro atoms. The Morgan fingerprint density at radius 2 is 2.05 bits per heavy atom. The van der Waals surface area contributed by atoms with Crippen LogP contribution >= 0.6 is 11.6 Å². The van der Waals surface area contributed by atoms with Gasteiger partial charge in [-0.15, -0.1) is 0 Å². The molecular weight excluding hydrogens is 292 g/mol. The molecule has 5 nitrogen and oxygen atoms in total. The van der Waals surface area contributed by atoms with Crippen molar-refractivity contribution in [3.8, 4) is 0 Å². The number of amides is 2. The fourth-order valence-electron chi connectivity index (χ4n) is 1.99. The smallest absolute Gasteiger partial charge is 0.255 e. The zero-order chi connectivity index (χ0) is 15.6. The lowest BCUT2D eigenvalue weighted by molar-refractivity contribution is -0.123. The van der Waals surface area contributed by atoms with Crippen LogP contribution in [0.25, 0.3) is 0 Å². The Morgan fingerprint density at radius 1 is 1.33 bits per heavy atom. The van der Waals surface area contributed by atoms with Crippen LogP contribution in [0.5, 0.6) is 0 Å². The molecule has 3 N–H and O–H groups in total. The number of furan rings is 1. The summed E-state index contributed by atoms with van der Waals surface area (Å²) in [5, 5.41) is 3.10. The molecule has 0 saturated carbocycles. The van der Waals surface area contributed by atoms with Crippen LogP contribution in [-0.2, 0) is 10.3 Å². The van der Waals surface area contributed by atoms with E-state index in [2.05, 4.69) is 5.32 Å². The minimum absolute atomic E-state index is 0.351. The van der Waals surface area contributed by atoms with E-state index in [9.17, 15) is 9.59 Å². The topological polar surface area (TPSA) is 85.3 Å². The molecule has 1 aromatic carbocycles. The Kier molecular flexibility index (Phi) is 4.04. The highest BCUT2D eigenvalue weighted by Gasteiger charge is 2.36. The number of nitrogens with two attached hydrogens (primary N) is 1. The predicted molar refractivity (Wildman–Crippen MR) is 78.9 cm³/mol. The van der Waals surface area contributed by atoms with Gasteiger partial charge in [-0.25, -0.2) is 0 Å². The molecule has 0 fully saturated rings. The molecule has 1 heterocycles. The van der Waals surface area contributed by atoms with Gasteiger partial charge in [0.25, 0.3) is 5.91 Å². The van der Waals surface area contributed by atoms with Crippen molar-refractivity contribution in [2.24, 2.45) is 5.73 Å². The molecule has 6 heteroatoms. The van der Waals surface area contributed by atoms with E-state index in [1.807, 2.05) is 0 Å². The molecule has 0 saturated heterocycles. The van der Waals surface area contributed by atoms with Gasteiger partial charge in [-0.1, -0.05) is 23.7 Å². The van der Waals surface area contributed by atoms with Crippen molar-refractivity contribution in [3.63, 3.8) is 0 Å². The van der Waals surface area contributed by atoms with E-state index in [0.29, 0.717) is 21.9 Å². The van der Waals surface area contributed by atoms with Gasteiger partial charge in [-0.2, -0.15) is 0 Å². The number of halogens is 1. The minimum atomic E-state index is -1.37. The van der Waals surface area contributed by atoms with Crippen molar-refractivity contribution in [3.05, 3.63) is 58.5 Å². The maximum atomic E-state index is 12.3. The summed E-state index contributed by atoms with van der Waals surface area (Å²) in [4.78, 5) is 24.2. The largest absolute Gasteiger partial charge is 0.469 e. The first kappa shape index (κ1) is 15.1. The Bertz CT molecular complexity index is 696. The van der Waals surface area contributed by atoms with E-state index in [1.54, 1.807) is 31.2 Å². The first-order valence-electron chi connectivity index (χ1n) is 6.27. The summed E-state index contributed by atoms with van der Waals surface area (Å²) in [6, 6.07) is 8.17. The lowest BCUT2D eigenvalue weighted by Gasteiger charge is -2.28. The average molecular weight is 307 g/mol. The Hall–Kier alpha value is -2.27. The number of carbonyl (C=O) groups excluding carboxylic acids is 2. The van der Waals surface area contributed by atoms with E-state index >= 15 is 0 Å². The summed E-state index contributed by atoms with van der Waals surface area (Å²) in [5.41, 5.74) is 4.97. The fraction of sp³-hybridized carbons (Fsp3) is 0.200. The average Bonchev–Trinajstić information content (AvgIpc) is 2.84. The third-order valence-electron chi connectivity index (χ3n) is 3.36. The van der Waals surface area contributed by atoms with Crippen LogP contribution in [0, 0.1) is 6.92 Å². The molecule has 1 aromatic heterocycles. The molecule has 0 radical (unpaired) electrons. The van der Waals surface area contributed by atoms with Crippen LogP contribution in [0.2, 0.25) is 5.02 Å². The normalized spacial score (nSPS) is 13.5. The van der Waals surface area contributed by atoms with E-state index in [1.165, 1.54) is 19.3 Å². The summed E-state index contributed by atoms with van der Waals surface area (Å²) in [6.45, 7) is 3.20. The number of carbonyl (C=O) groups is 2. The molecule has 1 unspecified atom stereocenters. The molecule has 2 aromatic rings. The molecule has 1 atom stereocenters. The van der Waals surface area contributed by atoms with Gasteiger partial charge in [-0.05, 0) is 37.6 Å². The summed E-state index contributed by atoms with van der Waals surface area (Å²) in [7, 11) is 0. The monoisotopic (exact) mass is 306 g/mol. The summed E-state index contributed by atoms with van der Waals surface area (Å²) in [5.74, 6) is -0.660. The van der Waals surface area contributed by atoms with Crippen LogP contribution < -0.4 is 11.1 Å². The van der Waals surface area contributed by atoms with Crippen LogP contribution in [-0.4, -0.2) is 11.8 Å². The third kappa shape index (κ3) is 2.92. The van der Waals surface area contributed by atoms with Gasteiger partial charge in [0.2, 0.25) is 5.91 Å². The summed E-state index contributed by atoms with van der Waals surface area (Å²) < 4.78 is 5.09. The zero-order valence-corrected chi connectivity index (χ0v) is 12.4. The molecule has 2 amide bonds. The lowest BCUT2D eigenvalue weighted by atomic mass is 9.90. The minimum Gasteiger partial charge on any atom is -0.469 e. The standard InChI is InChI=1S/C15H15ClN2O3/c1-9-12(6-7-21-9)13(19)18-15(2,14(17)20)10-4-3-5-11(16)8-10/h3-8H,1-2H3,(H2,17,20)(H,18,19). The highest BCUT2D eigenvalue weighted by Crippen LogP contribution is 2.24. The van der Waals surface area contributed by atoms with Gasteiger partial charge in [0.05, 0.1) is 11.8 Å². The quantitative estimate of drug-likeness (QED) is 0.909. The van der Waals surface area contributed by atoms with Crippen LogP contribution in [0.3, 0.4) is 0 Å². The highest BCUT2D eigenvalue weighted by molar-refractivity contribution is 6.30. The van der Waals surface area contributed by atoms with Gasteiger partial charge in [0.15, 0.2) is 0 Å². The SMILES string of the molecule is Cc1occc1C(=O)NC(C)(C(N)=O)c1cccc(Cl)c1. The molecular formula is C15H15ClN2O3. The summed E-state index contributed by atoms with van der Waals surface area (Å²) in [6.07, 6.45) is 1.41. The molecule has 21 heavy (non-hydrogen) atoms. The number of benzene rings is 1. The first-order valence-corrected chi connectivity index (χ1v) is 6.65. The number of primary amides is 1. The number of hydrogen-bond acceptors (Lipinski definition) is 3. The molecule has 0 bridgehead atoms. The van der Waals surface area contributed by atoms with Crippen LogP contribution in [0.15, 0.2) is 41.0 Å². The van der Waals surface area contributed by atoms with Crippen molar-refractivity contribution in [2.45, 2.75) is 19.4 Å². The van der Waals surface area contributed by atoms with Gasteiger partial charge < -0.3 is 15.5 Å². The molecule has 2 rings (SSSR count). The van der Waals surface area contributed by atoms with Crippen molar-refractivity contribution in [1.82, 2.24) is 5.32 Å². The molecule has 0 aliphatic carbocycles. The van der Waals surface area contributed by atoms with Crippen LogP contribution in [0.4, 0.5) is 0 Å². The third-order valence-corrected chi connectivity index (χ3v) is 3.60. The maximum Gasteiger partial charge on any atom is 0.255 e. The van der Waals surface area contributed by atoms with E-state index in [4.69, 9.17) is 21.8 Å². The van der Waals surface area contributed by atoms with Crippen molar-refractivity contribution >= 4 is 23.4 Å². The number of rotatable bonds is 4. The number of aryl methyl sites for hydroxylation is 1. The van der Waals surface area contributed by atoms with Gasteiger partial charge in [0.1, 0.15) is 11.3 Å². The predicted octanol–water partition coefficient (Wildman–Crippen LogP) is 2.37. The number of nitrogens with one attached hydrogen (secondary N) is 1. The van der Waals surface area contributed by atoms with Crippen LogP contribution in [0.1, 0.15) is 28.6 Å². The van der Waals surface area contributed by atoms with Gasteiger partial charge >= 0.3 is 0 Å². The van der Waals surface area contributed by atoms with Crippen molar-refractivity contribution in [2.75, 3.05) is 0 Å². The zero-order valence-electron chi connectivity index (χ0n) is 11.6. The fourth-order valence-corrected chi connectivity index (χ4v) is 2.18. The summed E-state index contributed by atoms with van der Waals surface area (Å²) >= 11 is 5.94. The number of hydrogen-bond donors (Lipinski definition) is 2. The highest BCUT2D eigenvalue weighted by atomic mass is 35.5. The second-order valence-corrected chi connectivity index (χ2v) is 5.28. The van der Waals surface area contributed by atoms with E-state index < -0.39 is 17.4 Å². The Morgan fingerprint density at radius 3 is 2.57 bits per heavy atom. The van der Waals surface area contributed by atoms with E-state index in [-0.39, 0.29) is 0 Å². The second-order valence-electron chi connectivity index (χ2n) is 4.84. The second kappa shape index (κ2) is 5.61. The van der Waals surface area contributed by atoms with Crippen molar-refractivity contribution < 1.29 is 14.0 Å². The van der Waals surface area contributed by atoms with Gasteiger partial charge in [-0.3, -0.25) is 9.59 Å². The first-order chi connectivity index (χ1) is 9.84. The Labute approximate surface area is 127 Å². The Balaban J connectivity index is 2.38.